The zero-order chi connectivity index (χ0) is 20.1. The molecule has 2 aromatic rings. The summed E-state index contributed by atoms with van der Waals surface area (Å²) in [6, 6.07) is 9.38. The minimum atomic E-state index is 0.123. The van der Waals surface area contributed by atoms with Crippen molar-refractivity contribution in [1.82, 2.24) is 20.2 Å². The molecular weight excluding hydrogens is 368 g/mol. The molecule has 2 fully saturated rings. The lowest BCUT2D eigenvalue weighted by Crippen LogP contribution is -3.29. The van der Waals surface area contributed by atoms with Crippen LogP contribution >= 0.6 is 0 Å². The summed E-state index contributed by atoms with van der Waals surface area (Å²) >= 11 is 0. The van der Waals surface area contributed by atoms with E-state index in [-0.39, 0.29) is 6.04 Å². The summed E-state index contributed by atoms with van der Waals surface area (Å²) in [5, 5.41) is 12.7. The van der Waals surface area contributed by atoms with Crippen molar-refractivity contribution in [2.45, 2.75) is 44.3 Å². The molecule has 0 radical (unpaired) electrons. The molecule has 2 heterocycles. The normalized spacial score (nSPS) is 23.9. The summed E-state index contributed by atoms with van der Waals surface area (Å²) in [5.41, 5.74) is 1.23. The molecular formula is C21H34N6O2+2. The van der Waals surface area contributed by atoms with Gasteiger partial charge in [-0.1, -0.05) is 0 Å². The monoisotopic (exact) mass is 402 g/mol. The molecule has 1 saturated heterocycles. The average Bonchev–Trinajstić information content (AvgIpc) is 3.46. The standard InChI is InChI=1S/C21H32N6O2/c1-28-16-15-27-21(22-23-24-27)20(17-7-9-19(29-2)10-8-17)26-13-11-25(12-14-26)18-5-3-4-6-18/h7-10,18,20H,3-6,11-16H2,1-2H3/p+2/t20-/m1/s1. The van der Waals surface area contributed by atoms with Gasteiger partial charge in [0.2, 0.25) is 5.82 Å². The fourth-order valence-electron chi connectivity index (χ4n) is 5.04. The van der Waals surface area contributed by atoms with Crippen LogP contribution in [0.5, 0.6) is 5.75 Å². The molecule has 1 aliphatic heterocycles. The number of quaternary nitrogens is 2. The van der Waals surface area contributed by atoms with Crippen molar-refractivity contribution in [2.24, 2.45) is 0 Å². The summed E-state index contributed by atoms with van der Waals surface area (Å²) in [4.78, 5) is 3.35. The molecule has 158 valence electrons. The van der Waals surface area contributed by atoms with Gasteiger partial charge in [0, 0.05) is 12.7 Å². The van der Waals surface area contributed by atoms with Crippen molar-refractivity contribution in [3.63, 3.8) is 0 Å². The van der Waals surface area contributed by atoms with Crippen LogP contribution in [0.25, 0.3) is 0 Å². The summed E-state index contributed by atoms with van der Waals surface area (Å²) in [6.07, 6.45) is 5.63. The Hall–Kier alpha value is -2.03. The van der Waals surface area contributed by atoms with Gasteiger partial charge in [0.05, 0.1) is 26.3 Å². The molecule has 1 aromatic heterocycles. The third-order valence-electron chi connectivity index (χ3n) is 6.65. The molecule has 8 nitrogen and oxygen atoms in total. The Labute approximate surface area is 172 Å². The maximum atomic E-state index is 5.36. The van der Waals surface area contributed by atoms with Crippen molar-refractivity contribution in [3.05, 3.63) is 35.7 Å². The first-order valence-electron chi connectivity index (χ1n) is 10.9. The Morgan fingerprint density at radius 3 is 2.45 bits per heavy atom. The van der Waals surface area contributed by atoms with Gasteiger partial charge in [-0.15, -0.1) is 5.10 Å². The van der Waals surface area contributed by atoms with Gasteiger partial charge < -0.3 is 19.3 Å². The number of nitrogens with one attached hydrogen (secondary N) is 2. The van der Waals surface area contributed by atoms with Gasteiger partial charge in [-0.3, -0.25) is 0 Å². The lowest BCUT2D eigenvalue weighted by Gasteiger charge is -2.36. The molecule has 1 aromatic carbocycles. The molecule has 4 rings (SSSR count). The highest BCUT2D eigenvalue weighted by Gasteiger charge is 2.38. The second kappa shape index (κ2) is 9.65. The van der Waals surface area contributed by atoms with Crippen molar-refractivity contribution in [2.75, 3.05) is 47.0 Å². The predicted octanol–water partition coefficient (Wildman–Crippen LogP) is -0.856. The highest BCUT2D eigenvalue weighted by atomic mass is 16.5. The number of benzene rings is 1. The Bertz CT molecular complexity index is 751. The van der Waals surface area contributed by atoms with E-state index in [4.69, 9.17) is 9.47 Å². The van der Waals surface area contributed by atoms with Crippen molar-refractivity contribution >= 4 is 0 Å². The van der Waals surface area contributed by atoms with Crippen LogP contribution in [0.4, 0.5) is 0 Å². The molecule has 2 aliphatic rings. The second-order valence-electron chi connectivity index (χ2n) is 8.26. The number of piperazine rings is 1. The topological polar surface area (TPSA) is 70.9 Å². The molecule has 29 heavy (non-hydrogen) atoms. The molecule has 8 heteroatoms. The highest BCUT2D eigenvalue weighted by molar-refractivity contribution is 5.30. The fraction of sp³-hybridized carbons (Fsp3) is 0.667. The zero-order valence-corrected chi connectivity index (χ0v) is 17.6. The molecule has 2 N–H and O–H groups in total. The molecule has 1 atom stereocenters. The molecule has 0 bridgehead atoms. The first-order chi connectivity index (χ1) is 14.3. The van der Waals surface area contributed by atoms with Gasteiger partial charge in [-0.2, -0.15) is 0 Å². The van der Waals surface area contributed by atoms with Gasteiger partial charge in [0.25, 0.3) is 0 Å². The minimum absolute atomic E-state index is 0.123. The van der Waals surface area contributed by atoms with Crippen molar-refractivity contribution in [1.29, 1.82) is 0 Å². The van der Waals surface area contributed by atoms with Crippen LogP contribution in [0, 0.1) is 0 Å². The number of tetrazole rings is 1. The number of rotatable bonds is 8. The van der Waals surface area contributed by atoms with E-state index in [1.54, 1.807) is 24.0 Å². The van der Waals surface area contributed by atoms with E-state index in [1.807, 2.05) is 16.8 Å². The summed E-state index contributed by atoms with van der Waals surface area (Å²) in [7, 11) is 3.41. The molecule has 1 aliphatic carbocycles. The van der Waals surface area contributed by atoms with E-state index in [0.717, 1.165) is 30.7 Å². The summed E-state index contributed by atoms with van der Waals surface area (Å²) in [6.45, 7) is 6.00. The van der Waals surface area contributed by atoms with Crippen LogP contribution < -0.4 is 14.5 Å². The molecule has 1 saturated carbocycles. The van der Waals surface area contributed by atoms with E-state index in [9.17, 15) is 0 Å². The Morgan fingerprint density at radius 2 is 1.79 bits per heavy atom. The average molecular weight is 403 g/mol. The van der Waals surface area contributed by atoms with E-state index >= 15 is 0 Å². The number of aromatic nitrogens is 4. The number of ether oxygens (including phenoxy) is 2. The minimum Gasteiger partial charge on any atom is -0.497 e. The van der Waals surface area contributed by atoms with Crippen LogP contribution in [0.3, 0.4) is 0 Å². The highest BCUT2D eigenvalue weighted by Crippen LogP contribution is 2.21. The third kappa shape index (κ3) is 4.60. The largest absolute Gasteiger partial charge is 0.497 e. The van der Waals surface area contributed by atoms with Gasteiger partial charge >= 0.3 is 0 Å². The Morgan fingerprint density at radius 1 is 1.07 bits per heavy atom. The first-order valence-corrected chi connectivity index (χ1v) is 10.9. The number of hydrogen-bond acceptors (Lipinski definition) is 5. The Balaban J connectivity index is 1.56. The fourth-order valence-corrected chi connectivity index (χ4v) is 5.04. The van der Waals surface area contributed by atoms with Gasteiger partial charge in [0.1, 0.15) is 31.9 Å². The quantitative estimate of drug-likeness (QED) is 0.602. The van der Waals surface area contributed by atoms with E-state index in [0.29, 0.717) is 13.2 Å². The van der Waals surface area contributed by atoms with E-state index in [1.165, 1.54) is 44.3 Å². The lowest BCUT2D eigenvalue weighted by atomic mass is 10.0. The predicted molar refractivity (Wildman–Crippen MR) is 108 cm³/mol. The maximum absolute atomic E-state index is 5.36. The first kappa shape index (κ1) is 20.3. The van der Waals surface area contributed by atoms with Crippen molar-refractivity contribution < 1.29 is 19.3 Å². The summed E-state index contributed by atoms with van der Waals surface area (Å²) in [5.74, 6) is 1.79. The van der Waals surface area contributed by atoms with Crippen LogP contribution in [0.15, 0.2) is 24.3 Å². The van der Waals surface area contributed by atoms with E-state index < -0.39 is 0 Å². The zero-order valence-electron chi connectivity index (χ0n) is 17.6. The molecule has 0 amide bonds. The Kier molecular flexibility index (Phi) is 6.74. The third-order valence-corrected chi connectivity index (χ3v) is 6.65. The van der Waals surface area contributed by atoms with Gasteiger partial charge in [-0.05, 0) is 60.4 Å². The van der Waals surface area contributed by atoms with Crippen molar-refractivity contribution in [3.8, 4) is 5.75 Å². The SMILES string of the molecule is COCCn1nnnc1[C@@H](c1ccc(OC)cc1)[NH+]1CC[NH+](C2CCCC2)CC1. The molecule has 0 spiro atoms. The number of hydrogen-bond donors (Lipinski definition) is 2. The van der Waals surface area contributed by atoms with Crippen LogP contribution in [-0.2, 0) is 11.3 Å². The summed E-state index contributed by atoms with van der Waals surface area (Å²) < 4.78 is 12.5. The van der Waals surface area contributed by atoms with E-state index in [2.05, 4.69) is 27.7 Å². The smallest absolute Gasteiger partial charge is 0.214 e. The lowest BCUT2D eigenvalue weighted by molar-refractivity contribution is -1.03. The number of nitrogens with zero attached hydrogens (tertiary/aromatic N) is 4. The van der Waals surface area contributed by atoms with Gasteiger partial charge in [0.15, 0.2) is 6.04 Å². The maximum Gasteiger partial charge on any atom is 0.214 e. The van der Waals surface area contributed by atoms with Gasteiger partial charge in [-0.25, -0.2) is 4.68 Å². The van der Waals surface area contributed by atoms with Crippen LogP contribution in [0.1, 0.15) is 43.1 Å². The molecule has 0 unspecified atom stereocenters. The van der Waals surface area contributed by atoms with Crippen LogP contribution in [0.2, 0.25) is 0 Å². The number of methoxy groups -OCH3 is 2. The van der Waals surface area contributed by atoms with Crippen LogP contribution in [-0.4, -0.2) is 73.3 Å². The second-order valence-corrected chi connectivity index (χ2v) is 8.26.